The van der Waals surface area contributed by atoms with E-state index in [0.717, 1.165) is 22.7 Å². The Bertz CT molecular complexity index is 740. The lowest BCUT2D eigenvalue weighted by molar-refractivity contribution is 0.156. The molecule has 1 N–H and O–H groups in total. The highest BCUT2D eigenvalue weighted by Gasteiger charge is 2.13. The first-order valence-corrected chi connectivity index (χ1v) is 7.01. The number of ether oxygens (including phenoxy) is 1. The average molecular weight is 295 g/mol. The third-order valence-corrected chi connectivity index (χ3v) is 3.50. The molecule has 0 spiro atoms. The van der Waals surface area contributed by atoms with E-state index >= 15 is 0 Å². The van der Waals surface area contributed by atoms with E-state index in [9.17, 15) is 5.11 Å². The number of nitrogens with zero attached hydrogens (tertiary/aromatic N) is 3. The molecule has 0 fully saturated rings. The van der Waals surface area contributed by atoms with E-state index in [2.05, 4.69) is 9.97 Å². The van der Waals surface area contributed by atoms with Crippen molar-refractivity contribution in [1.29, 1.82) is 0 Å². The smallest absolute Gasteiger partial charge is 0.140 e. The van der Waals surface area contributed by atoms with Crippen LogP contribution in [-0.2, 0) is 6.54 Å². The highest BCUT2D eigenvalue weighted by Crippen LogP contribution is 2.23. The number of hydrogen-bond acceptors (Lipinski definition) is 4. The van der Waals surface area contributed by atoms with Crippen molar-refractivity contribution in [2.24, 2.45) is 0 Å². The minimum atomic E-state index is -0.634. The fourth-order valence-electron chi connectivity index (χ4n) is 2.36. The van der Waals surface area contributed by atoms with Crippen LogP contribution in [0.5, 0.6) is 5.75 Å². The molecule has 5 nitrogen and oxygen atoms in total. The fraction of sp³-hybridized carbons (Fsp3) is 0.176. The zero-order valence-corrected chi connectivity index (χ0v) is 12.3. The number of rotatable bonds is 5. The Balaban J connectivity index is 1.83. The number of aliphatic hydroxyl groups excluding tert-OH is 1. The number of imidazole rings is 1. The van der Waals surface area contributed by atoms with Gasteiger partial charge in [0.1, 0.15) is 11.6 Å². The molecule has 0 aliphatic heterocycles. The molecule has 0 saturated carbocycles. The zero-order valence-electron chi connectivity index (χ0n) is 12.3. The maximum absolute atomic E-state index is 10.5. The Labute approximate surface area is 128 Å². The van der Waals surface area contributed by atoms with Gasteiger partial charge in [0.25, 0.3) is 0 Å². The van der Waals surface area contributed by atoms with E-state index in [1.54, 1.807) is 25.7 Å². The summed E-state index contributed by atoms with van der Waals surface area (Å²) < 4.78 is 7.13. The summed E-state index contributed by atoms with van der Waals surface area (Å²) in [7, 11) is 1.61. The molecule has 3 aromatic rings. The molecule has 0 saturated heterocycles. The lowest BCUT2D eigenvalue weighted by Crippen LogP contribution is -2.09. The predicted octanol–water partition coefficient (Wildman–Crippen LogP) is 2.69. The molecule has 2 heterocycles. The van der Waals surface area contributed by atoms with Gasteiger partial charge in [-0.25, -0.2) is 4.98 Å². The van der Waals surface area contributed by atoms with Crippen molar-refractivity contribution in [3.05, 3.63) is 66.7 Å². The first-order valence-electron chi connectivity index (χ1n) is 7.01. The topological polar surface area (TPSA) is 60.2 Å². The molecule has 0 aliphatic carbocycles. The highest BCUT2D eigenvalue weighted by molar-refractivity contribution is 5.54. The van der Waals surface area contributed by atoms with Crippen molar-refractivity contribution in [1.82, 2.24) is 14.5 Å². The third-order valence-electron chi connectivity index (χ3n) is 3.50. The molecule has 0 amide bonds. The monoisotopic (exact) mass is 295 g/mol. The second-order valence-electron chi connectivity index (χ2n) is 4.93. The number of methoxy groups -OCH3 is 1. The number of aromatic nitrogens is 3. The standard InChI is InChI=1S/C17H17N3O2/c1-22-15-4-2-3-14(11-15)16(21)12-20-10-9-19-17(20)13-5-7-18-8-6-13/h2-11,16,21H,12H2,1H3/t16-/m1/s1. The largest absolute Gasteiger partial charge is 0.497 e. The van der Waals surface area contributed by atoms with E-state index in [1.165, 1.54) is 0 Å². The summed E-state index contributed by atoms with van der Waals surface area (Å²) in [4.78, 5) is 8.38. The summed E-state index contributed by atoms with van der Waals surface area (Å²) in [5.74, 6) is 1.54. The predicted molar refractivity (Wildman–Crippen MR) is 83.4 cm³/mol. The van der Waals surface area contributed by atoms with Crippen molar-refractivity contribution in [2.75, 3.05) is 7.11 Å². The number of aliphatic hydroxyl groups is 1. The first kappa shape index (κ1) is 14.3. The SMILES string of the molecule is COc1cccc([C@H](O)Cn2ccnc2-c2ccncc2)c1. The number of hydrogen-bond donors (Lipinski definition) is 1. The second kappa shape index (κ2) is 6.41. The van der Waals surface area contributed by atoms with E-state index in [0.29, 0.717) is 6.54 Å². The van der Waals surface area contributed by atoms with Crippen LogP contribution in [0.2, 0.25) is 0 Å². The van der Waals surface area contributed by atoms with Gasteiger partial charge >= 0.3 is 0 Å². The summed E-state index contributed by atoms with van der Waals surface area (Å²) >= 11 is 0. The van der Waals surface area contributed by atoms with Crippen molar-refractivity contribution in [2.45, 2.75) is 12.6 Å². The molecule has 1 atom stereocenters. The van der Waals surface area contributed by atoms with E-state index in [4.69, 9.17) is 4.74 Å². The van der Waals surface area contributed by atoms with Gasteiger partial charge in [-0.2, -0.15) is 0 Å². The van der Waals surface area contributed by atoms with Gasteiger partial charge < -0.3 is 14.4 Å². The Morgan fingerprint density at radius 3 is 2.77 bits per heavy atom. The van der Waals surface area contributed by atoms with Gasteiger partial charge in [-0.3, -0.25) is 4.98 Å². The van der Waals surface area contributed by atoms with Gasteiger partial charge in [0.2, 0.25) is 0 Å². The van der Waals surface area contributed by atoms with Gasteiger partial charge in [-0.1, -0.05) is 12.1 Å². The van der Waals surface area contributed by atoms with Crippen molar-refractivity contribution in [3.63, 3.8) is 0 Å². The molecular formula is C17H17N3O2. The molecule has 1 aromatic carbocycles. The fourth-order valence-corrected chi connectivity index (χ4v) is 2.36. The van der Waals surface area contributed by atoms with Crippen LogP contribution in [0.4, 0.5) is 0 Å². The van der Waals surface area contributed by atoms with Crippen molar-refractivity contribution in [3.8, 4) is 17.1 Å². The van der Waals surface area contributed by atoms with Crippen molar-refractivity contribution >= 4 is 0 Å². The summed E-state index contributed by atoms with van der Waals surface area (Å²) in [5, 5.41) is 10.5. The first-order chi connectivity index (χ1) is 10.8. The normalized spacial score (nSPS) is 12.1. The molecule has 0 unspecified atom stereocenters. The molecule has 22 heavy (non-hydrogen) atoms. The van der Waals surface area contributed by atoms with E-state index in [-0.39, 0.29) is 0 Å². The van der Waals surface area contributed by atoms with Crippen LogP contribution in [0.15, 0.2) is 61.2 Å². The van der Waals surface area contributed by atoms with Crippen LogP contribution < -0.4 is 4.74 Å². The lowest BCUT2D eigenvalue weighted by Gasteiger charge is -2.15. The molecule has 0 bridgehead atoms. The van der Waals surface area contributed by atoms with Gasteiger partial charge in [0.15, 0.2) is 0 Å². The number of benzene rings is 1. The van der Waals surface area contributed by atoms with E-state index in [1.807, 2.05) is 47.2 Å². The maximum atomic E-state index is 10.5. The third kappa shape index (κ3) is 2.99. The average Bonchev–Trinajstić information content (AvgIpc) is 3.04. The summed E-state index contributed by atoms with van der Waals surface area (Å²) in [6.07, 6.45) is 6.41. The van der Waals surface area contributed by atoms with Crippen molar-refractivity contribution < 1.29 is 9.84 Å². The van der Waals surface area contributed by atoms with Crippen LogP contribution in [-0.4, -0.2) is 26.8 Å². The van der Waals surface area contributed by atoms with Gasteiger partial charge in [0.05, 0.1) is 19.8 Å². The maximum Gasteiger partial charge on any atom is 0.140 e. The van der Waals surface area contributed by atoms with Gasteiger partial charge in [0, 0.05) is 30.4 Å². The molecular weight excluding hydrogens is 278 g/mol. The van der Waals surface area contributed by atoms with E-state index < -0.39 is 6.10 Å². The Morgan fingerprint density at radius 1 is 1.18 bits per heavy atom. The molecule has 112 valence electrons. The molecule has 0 aliphatic rings. The zero-order chi connectivity index (χ0) is 15.4. The molecule has 3 rings (SSSR count). The molecule has 0 radical (unpaired) electrons. The molecule has 2 aromatic heterocycles. The Kier molecular flexibility index (Phi) is 4.16. The van der Waals surface area contributed by atoms with Crippen LogP contribution >= 0.6 is 0 Å². The quantitative estimate of drug-likeness (QED) is 0.786. The van der Waals surface area contributed by atoms with Gasteiger partial charge in [-0.05, 0) is 29.8 Å². The summed E-state index contributed by atoms with van der Waals surface area (Å²) in [5.41, 5.74) is 1.78. The van der Waals surface area contributed by atoms with Crippen LogP contribution in [0.1, 0.15) is 11.7 Å². The van der Waals surface area contributed by atoms with Gasteiger partial charge in [-0.15, -0.1) is 0 Å². The minimum absolute atomic E-state index is 0.421. The second-order valence-corrected chi connectivity index (χ2v) is 4.93. The summed E-state index contributed by atoms with van der Waals surface area (Å²) in [6, 6.07) is 11.3. The van der Waals surface area contributed by atoms with Crippen LogP contribution in [0.25, 0.3) is 11.4 Å². The minimum Gasteiger partial charge on any atom is -0.497 e. The Morgan fingerprint density at radius 2 is 2.00 bits per heavy atom. The lowest BCUT2D eigenvalue weighted by atomic mass is 10.1. The van der Waals surface area contributed by atoms with Crippen LogP contribution in [0, 0.1) is 0 Å². The summed E-state index contributed by atoms with van der Waals surface area (Å²) in [6.45, 7) is 0.421. The highest BCUT2D eigenvalue weighted by atomic mass is 16.5. The Hall–Kier alpha value is -2.66. The van der Waals surface area contributed by atoms with Crippen LogP contribution in [0.3, 0.4) is 0 Å². The molecule has 5 heteroatoms. The number of pyridine rings is 1.